The lowest BCUT2D eigenvalue weighted by molar-refractivity contribution is -0.115. The summed E-state index contributed by atoms with van der Waals surface area (Å²) < 4.78 is 8.20. The van der Waals surface area contributed by atoms with Crippen molar-refractivity contribution in [3.8, 4) is 11.8 Å². The number of anilines is 2. The molecule has 4 rings (SSSR count). The first-order chi connectivity index (χ1) is 18.9. The Balaban J connectivity index is 1.43. The van der Waals surface area contributed by atoms with E-state index in [1.807, 2.05) is 59.2 Å². The summed E-state index contributed by atoms with van der Waals surface area (Å²) in [5, 5.41) is 25.5. The number of carbonyl (C=O) groups is 2. The predicted octanol–water partition coefficient (Wildman–Crippen LogP) is 6.02. The molecule has 0 aliphatic rings. The third-order valence-corrected chi connectivity index (χ3v) is 8.38. The molecular weight excluding hydrogens is 647 g/mol. The summed E-state index contributed by atoms with van der Waals surface area (Å²) in [6, 6.07) is 20.0. The minimum Gasteiger partial charge on any atom is -0.462 e. The first-order valence-electron chi connectivity index (χ1n) is 12.0. The highest BCUT2D eigenvalue weighted by Gasteiger charge is 2.22. The molecule has 0 radical (unpaired) electrons. The van der Waals surface area contributed by atoms with Crippen LogP contribution < -0.4 is 10.6 Å². The molecule has 12 heteroatoms. The number of nitrogens with zero attached hydrogens (tertiary/aromatic N) is 4. The van der Waals surface area contributed by atoms with E-state index in [4.69, 9.17) is 4.74 Å². The maximum Gasteiger partial charge on any atom is 0.348 e. The normalized spacial score (nSPS) is 10.6. The third kappa shape index (κ3) is 7.17. The third-order valence-electron chi connectivity index (χ3n) is 5.54. The molecule has 0 aliphatic heterocycles. The van der Waals surface area contributed by atoms with Gasteiger partial charge in [-0.15, -0.1) is 21.5 Å². The van der Waals surface area contributed by atoms with Gasteiger partial charge in [-0.1, -0.05) is 30.0 Å². The number of nitriles is 1. The molecule has 0 spiro atoms. The Bertz CT molecular complexity index is 1500. The SMILES string of the molecule is CCOC(=O)c1sc(NC(=O)CCSc2nnc(CNc3ccc(I)cc3)n2-c2ccccc2)c(C#N)c1C. The predicted molar refractivity (Wildman–Crippen MR) is 162 cm³/mol. The van der Waals surface area contributed by atoms with Crippen LogP contribution >= 0.6 is 45.7 Å². The molecule has 4 aromatic rings. The number of benzene rings is 2. The zero-order chi connectivity index (χ0) is 27.8. The number of halogens is 1. The maximum absolute atomic E-state index is 12.7. The first kappa shape index (κ1) is 28.6. The Kier molecular flexibility index (Phi) is 9.96. The molecule has 0 aliphatic carbocycles. The van der Waals surface area contributed by atoms with Crippen molar-refractivity contribution < 1.29 is 14.3 Å². The molecule has 1 amide bonds. The topological polar surface area (TPSA) is 122 Å². The Morgan fingerprint density at radius 2 is 1.90 bits per heavy atom. The molecule has 0 atom stereocenters. The Hall–Kier alpha value is -3.41. The summed E-state index contributed by atoms with van der Waals surface area (Å²) in [6.07, 6.45) is 0.180. The van der Waals surface area contributed by atoms with Crippen LogP contribution in [0.25, 0.3) is 5.69 Å². The van der Waals surface area contributed by atoms with E-state index < -0.39 is 5.97 Å². The summed E-state index contributed by atoms with van der Waals surface area (Å²) >= 11 is 4.74. The molecule has 2 aromatic heterocycles. The fourth-order valence-electron chi connectivity index (χ4n) is 3.65. The fourth-order valence-corrected chi connectivity index (χ4v) is 5.98. The largest absolute Gasteiger partial charge is 0.462 e. The number of esters is 1. The number of hydrogen-bond acceptors (Lipinski definition) is 9. The van der Waals surface area contributed by atoms with Gasteiger partial charge in [0, 0.05) is 27.1 Å². The van der Waals surface area contributed by atoms with Crippen LogP contribution in [-0.2, 0) is 16.1 Å². The van der Waals surface area contributed by atoms with Gasteiger partial charge in [0.2, 0.25) is 5.91 Å². The monoisotopic (exact) mass is 672 g/mol. The highest BCUT2D eigenvalue weighted by atomic mass is 127. The average molecular weight is 673 g/mol. The van der Waals surface area contributed by atoms with Crippen molar-refractivity contribution in [2.45, 2.75) is 32.0 Å². The van der Waals surface area contributed by atoms with Gasteiger partial charge >= 0.3 is 5.97 Å². The molecule has 0 saturated heterocycles. The molecule has 0 unspecified atom stereocenters. The summed E-state index contributed by atoms with van der Waals surface area (Å²) in [7, 11) is 0. The lowest BCUT2D eigenvalue weighted by Gasteiger charge is -2.11. The number of nitrogens with one attached hydrogen (secondary N) is 2. The lowest BCUT2D eigenvalue weighted by Crippen LogP contribution is -2.12. The average Bonchev–Trinajstić information content (AvgIpc) is 3.48. The molecule has 2 N–H and O–H groups in total. The van der Waals surface area contributed by atoms with Crippen LogP contribution in [-0.4, -0.2) is 39.0 Å². The van der Waals surface area contributed by atoms with Gasteiger partial charge < -0.3 is 15.4 Å². The Morgan fingerprint density at radius 3 is 2.59 bits per heavy atom. The molecule has 0 bridgehead atoms. The van der Waals surface area contributed by atoms with E-state index in [1.165, 1.54) is 11.8 Å². The van der Waals surface area contributed by atoms with Crippen LogP contribution in [0.1, 0.15) is 40.0 Å². The standard InChI is InChI=1S/C27H25IN6O3S2/c1-3-37-26(36)24-17(2)21(15-29)25(39-24)31-23(35)13-14-38-27-33-32-22(34(27)20-7-5-4-6-8-20)16-30-19-11-9-18(28)10-12-19/h4-12,30H,3,13-14,16H2,1-2H3,(H,31,35). The first-order valence-corrected chi connectivity index (χ1v) is 14.9. The lowest BCUT2D eigenvalue weighted by atomic mass is 10.2. The Labute approximate surface area is 248 Å². The zero-order valence-corrected chi connectivity index (χ0v) is 25.0. The molecule has 39 heavy (non-hydrogen) atoms. The zero-order valence-electron chi connectivity index (χ0n) is 21.2. The summed E-state index contributed by atoms with van der Waals surface area (Å²) in [5.41, 5.74) is 2.69. The minimum absolute atomic E-state index is 0.180. The number of rotatable bonds is 11. The molecule has 0 fully saturated rings. The van der Waals surface area contributed by atoms with Crippen molar-refractivity contribution in [2.75, 3.05) is 23.0 Å². The van der Waals surface area contributed by atoms with Crippen molar-refractivity contribution >= 4 is 68.3 Å². The van der Waals surface area contributed by atoms with Crippen molar-refractivity contribution in [3.05, 3.63) is 80.0 Å². The molecule has 2 aromatic carbocycles. The number of thioether (sulfide) groups is 1. The van der Waals surface area contributed by atoms with Crippen molar-refractivity contribution in [1.82, 2.24) is 14.8 Å². The highest BCUT2D eigenvalue weighted by Crippen LogP contribution is 2.33. The summed E-state index contributed by atoms with van der Waals surface area (Å²) in [5.74, 6) is 0.422. The quantitative estimate of drug-likeness (QED) is 0.113. The number of amides is 1. The van der Waals surface area contributed by atoms with Gasteiger partial charge in [-0.05, 0) is 78.4 Å². The van der Waals surface area contributed by atoms with Gasteiger partial charge in [-0.25, -0.2) is 4.79 Å². The molecule has 0 saturated carbocycles. The number of thiophene rings is 1. The summed E-state index contributed by atoms with van der Waals surface area (Å²) in [6.45, 7) is 4.09. The van der Waals surface area contributed by atoms with Crippen molar-refractivity contribution in [2.24, 2.45) is 0 Å². The van der Waals surface area contributed by atoms with Crippen LogP contribution in [0.15, 0.2) is 59.8 Å². The van der Waals surface area contributed by atoms with E-state index in [2.05, 4.69) is 49.5 Å². The number of para-hydroxylation sites is 1. The molecular formula is C27H25IN6O3S2. The van der Waals surface area contributed by atoms with E-state index >= 15 is 0 Å². The van der Waals surface area contributed by atoms with Gasteiger partial charge in [0.25, 0.3) is 0 Å². The van der Waals surface area contributed by atoms with Crippen LogP contribution in [0.2, 0.25) is 0 Å². The number of hydrogen-bond donors (Lipinski definition) is 2. The Morgan fingerprint density at radius 1 is 1.15 bits per heavy atom. The molecule has 9 nitrogen and oxygen atoms in total. The van der Waals surface area contributed by atoms with E-state index in [0.29, 0.717) is 32.9 Å². The van der Waals surface area contributed by atoms with Gasteiger partial charge in [-0.3, -0.25) is 9.36 Å². The minimum atomic E-state index is -0.500. The van der Waals surface area contributed by atoms with Crippen molar-refractivity contribution in [3.63, 3.8) is 0 Å². The molecule has 200 valence electrons. The van der Waals surface area contributed by atoms with Crippen LogP contribution in [0.4, 0.5) is 10.7 Å². The molecule has 2 heterocycles. The second-order valence-electron chi connectivity index (χ2n) is 8.17. The van der Waals surface area contributed by atoms with Crippen LogP contribution in [0.3, 0.4) is 0 Å². The van der Waals surface area contributed by atoms with Gasteiger partial charge in [0.05, 0.1) is 18.7 Å². The van der Waals surface area contributed by atoms with Gasteiger partial charge in [-0.2, -0.15) is 5.26 Å². The maximum atomic E-state index is 12.7. The van der Waals surface area contributed by atoms with Gasteiger partial charge in [0.15, 0.2) is 11.0 Å². The number of carbonyl (C=O) groups excluding carboxylic acids is 2. The van der Waals surface area contributed by atoms with Gasteiger partial charge in [0.1, 0.15) is 15.9 Å². The number of ether oxygens (including phenoxy) is 1. The van der Waals surface area contributed by atoms with E-state index in [-0.39, 0.29) is 24.5 Å². The van der Waals surface area contributed by atoms with Crippen molar-refractivity contribution in [1.29, 1.82) is 5.26 Å². The second-order valence-corrected chi connectivity index (χ2v) is 11.5. The number of aromatic nitrogens is 3. The highest BCUT2D eigenvalue weighted by molar-refractivity contribution is 14.1. The van der Waals surface area contributed by atoms with Crippen LogP contribution in [0.5, 0.6) is 0 Å². The summed E-state index contributed by atoms with van der Waals surface area (Å²) in [4.78, 5) is 25.2. The van der Waals surface area contributed by atoms with E-state index in [0.717, 1.165) is 32.1 Å². The van der Waals surface area contributed by atoms with E-state index in [1.54, 1.807) is 13.8 Å². The second kappa shape index (κ2) is 13.6. The van der Waals surface area contributed by atoms with E-state index in [9.17, 15) is 14.9 Å². The fraction of sp³-hybridized carbons (Fsp3) is 0.222. The van der Waals surface area contributed by atoms with Crippen LogP contribution in [0, 0.1) is 21.8 Å². The smallest absolute Gasteiger partial charge is 0.348 e.